The summed E-state index contributed by atoms with van der Waals surface area (Å²) in [6.07, 6.45) is 0. The Morgan fingerprint density at radius 1 is 0.263 bits per heavy atom. The number of benzene rings is 13. The highest BCUT2D eigenvalue weighted by molar-refractivity contribution is 7.00. The molecule has 0 bridgehead atoms. The fourth-order valence-corrected chi connectivity index (χ4v) is 15.3. The normalized spacial score (nSPS) is 12.5. The lowest BCUT2D eigenvalue weighted by Gasteiger charge is -2.34. The second-order valence-electron chi connectivity index (χ2n) is 28.2. The fourth-order valence-electron chi connectivity index (χ4n) is 15.3. The molecule has 0 radical (unpaired) electrons. The van der Waals surface area contributed by atoms with Gasteiger partial charge in [-0.2, -0.15) is 0 Å². The van der Waals surface area contributed by atoms with Crippen molar-refractivity contribution in [3.8, 4) is 112 Å². The summed E-state index contributed by atoms with van der Waals surface area (Å²) in [5, 5.41) is 4.98. The molecular weight excluding hydrogens is 1150 g/mol. The van der Waals surface area contributed by atoms with E-state index < -0.39 is 0 Å². The number of hydrogen-bond acceptors (Lipinski definition) is 2. The van der Waals surface area contributed by atoms with Gasteiger partial charge in [0.15, 0.2) is 5.82 Å². The number of rotatable bonds is 9. The first kappa shape index (κ1) is 56.4. The molecule has 5 heterocycles. The highest BCUT2D eigenvalue weighted by Gasteiger charge is 2.42. The molecule has 2 aliphatic rings. The van der Waals surface area contributed by atoms with E-state index >= 15 is 0 Å². The zero-order valence-electron chi connectivity index (χ0n) is 54.2. The van der Waals surface area contributed by atoms with E-state index in [1.54, 1.807) is 0 Å². The lowest BCUT2D eigenvalue weighted by molar-refractivity contribution is 0.591. The monoisotopic (exact) mass is 1210 g/mol. The molecule has 0 fully saturated rings. The van der Waals surface area contributed by atoms with Crippen LogP contribution in [-0.4, -0.2) is 25.8 Å². The van der Waals surface area contributed by atoms with Crippen LogP contribution in [0, 0.1) is 0 Å². The minimum Gasteiger partial charge on any atom is -0.310 e. The van der Waals surface area contributed by atoms with Crippen molar-refractivity contribution in [1.82, 2.24) is 19.1 Å². The summed E-state index contributed by atoms with van der Waals surface area (Å²) < 4.78 is 5.23. The van der Waals surface area contributed by atoms with Gasteiger partial charge in [0, 0.05) is 60.6 Å². The predicted octanol–water partition coefficient (Wildman–Crippen LogP) is 21.4. The van der Waals surface area contributed by atoms with E-state index in [0.717, 1.165) is 84.0 Å². The van der Waals surface area contributed by atoms with Gasteiger partial charge in [0.05, 0.1) is 22.4 Å². The molecule has 3 aromatic heterocycles. The summed E-state index contributed by atoms with van der Waals surface area (Å²) in [6.45, 7) is 13.8. The molecule has 5 heteroatoms. The molecule has 0 aliphatic carbocycles. The average Bonchev–Trinajstić information content (AvgIpc) is 1.56. The van der Waals surface area contributed by atoms with Gasteiger partial charge in [-0.05, 0) is 196 Å². The third-order valence-electron chi connectivity index (χ3n) is 20.1. The average molecular weight is 1220 g/mol. The Labute approximate surface area is 555 Å². The first-order valence-corrected chi connectivity index (χ1v) is 33.3. The summed E-state index contributed by atoms with van der Waals surface area (Å²) >= 11 is 0. The molecule has 0 atom stereocenters. The summed E-state index contributed by atoms with van der Waals surface area (Å²) in [6, 6.07) is 110. The number of aromatic nitrogens is 4. The van der Waals surface area contributed by atoms with Crippen molar-refractivity contribution in [1.29, 1.82) is 0 Å². The molecule has 0 unspecified atom stereocenters. The second-order valence-corrected chi connectivity index (χ2v) is 28.2. The summed E-state index contributed by atoms with van der Waals surface area (Å²) in [5.41, 5.74) is 31.8. The summed E-state index contributed by atoms with van der Waals surface area (Å²) in [4.78, 5) is 11.8. The van der Waals surface area contributed by atoms with Crippen LogP contribution < -0.4 is 16.4 Å². The van der Waals surface area contributed by atoms with Gasteiger partial charge in [0.25, 0.3) is 6.71 Å². The zero-order valence-corrected chi connectivity index (χ0v) is 54.2. The van der Waals surface area contributed by atoms with Gasteiger partial charge in [-0.15, -0.1) is 0 Å². The van der Waals surface area contributed by atoms with E-state index in [1.165, 1.54) is 93.4 Å². The number of nitrogens with zero attached hydrogens (tertiary/aromatic N) is 4. The van der Waals surface area contributed by atoms with Gasteiger partial charge in [0.2, 0.25) is 0 Å². The van der Waals surface area contributed by atoms with Crippen molar-refractivity contribution in [3.05, 3.63) is 308 Å². The second kappa shape index (κ2) is 21.6. The van der Waals surface area contributed by atoms with Crippen LogP contribution in [-0.2, 0) is 10.8 Å². The van der Waals surface area contributed by atoms with E-state index in [2.05, 4.69) is 348 Å². The maximum Gasteiger partial charge on any atom is 0.252 e. The van der Waals surface area contributed by atoms with Crippen LogP contribution in [0.25, 0.3) is 156 Å². The van der Waals surface area contributed by atoms with Crippen molar-refractivity contribution >= 4 is 66.7 Å². The largest absolute Gasteiger partial charge is 0.310 e. The molecule has 13 aromatic carbocycles. The molecule has 16 aromatic rings. The molecule has 95 heavy (non-hydrogen) atoms. The Balaban J connectivity index is 0.985. The van der Waals surface area contributed by atoms with Gasteiger partial charge in [0.1, 0.15) is 0 Å². The molecule has 0 amide bonds. The molecule has 0 spiro atoms. The highest BCUT2D eigenvalue weighted by Crippen LogP contribution is 2.46. The van der Waals surface area contributed by atoms with Crippen LogP contribution in [0.4, 0.5) is 0 Å². The van der Waals surface area contributed by atoms with E-state index in [0.29, 0.717) is 5.82 Å². The lowest BCUT2D eigenvalue weighted by Crippen LogP contribution is -2.59. The zero-order chi connectivity index (χ0) is 63.8. The first-order chi connectivity index (χ1) is 46.3. The quantitative estimate of drug-likeness (QED) is 0.135. The van der Waals surface area contributed by atoms with Crippen LogP contribution in [0.1, 0.15) is 52.7 Å². The van der Waals surface area contributed by atoms with Crippen LogP contribution in [0.3, 0.4) is 0 Å². The smallest absolute Gasteiger partial charge is 0.252 e. The molecule has 0 saturated heterocycles. The SMILES string of the molecule is CC(C)(C)c1ccc2c(c1)c1cc(-c3ccccc3)cc3c1n2-c1cc(-c2nc(-c4cc(-c5ccccc5)cc(-c5ccccc5)c4)cc(-c4cc(-c5ccccc5)cc(-c5ccccc5)c4)n2)cc2c1B3c1cc(-c3ccccc3)cc3c4cc(C(C)(C)C)ccc4n-2c13. The summed E-state index contributed by atoms with van der Waals surface area (Å²) in [7, 11) is 0. The fraction of sp³-hybridized carbons (Fsp3) is 0.0889. The van der Waals surface area contributed by atoms with Crippen molar-refractivity contribution in [2.75, 3.05) is 0 Å². The van der Waals surface area contributed by atoms with Crippen molar-refractivity contribution < 1.29 is 0 Å². The molecule has 450 valence electrons. The number of fused-ring (bicyclic) bond motifs is 10. The third-order valence-corrected chi connectivity index (χ3v) is 20.1. The predicted molar refractivity (Wildman–Crippen MR) is 402 cm³/mol. The van der Waals surface area contributed by atoms with Gasteiger partial charge < -0.3 is 9.13 Å². The van der Waals surface area contributed by atoms with E-state index in [9.17, 15) is 0 Å². The molecule has 2 aliphatic heterocycles. The maximum atomic E-state index is 5.92. The van der Waals surface area contributed by atoms with Gasteiger partial charge >= 0.3 is 0 Å². The molecule has 4 nitrogen and oxygen atoms in total. The lowest BCUT2D eigenvalue weighted by atomic mass is 9.34. The molecular formula is C90H67BN4. The third kappa shape index (κ3) is 9.43. The van der Waals surface area contributed by atoms with Crippen molar-refractivity contribution in [2.45, 2.75) is 52.4 Å². The Bertz CT molecular complexity index is 5290. The first-order valence-electron chi connectivity index (χ1n) is 33.3. The minimum absolute atomic E-state index is 0.0850. The Kier molecular flexibility index (Phi) is 12.8. The van der Waals surface area contributed by atoms with Crippen molar-refractivity contribution in [2.24, 2.45) is 0 Å². The van der Waals surface area contributed by atoms with Crippen LogP contribution >= 0.6 is 0 Å². The van der Waals surface area contributed by atoms with Gasteiger partial charge in [-0.3, -0.25) is 0 Å². The Morgan fingerprint density at radius 2 is 0.568 bits per heavy atom. The molecule has 18 rings (SSSR count). The Hall–Kier alpha value is -11.4. The van der Waals surface area contributed by atoms with E-state index in [-0.39, 0.29) is 17.5 Å². The van der Waals surface area contributed by atoms with E-state index in [4.69, 9.17) is 9.97 Å². The van der Waals surface area contributed by atoms with Crippen LogP contribution in [0.2, 0.25) is 0 Å². The number of hydrogen-bond donors (Lipinski definition) is 0. The highest BCUT2D eigenvalue weighted by atomic mass is 15.0. The van der Waals surface area contributed by atoms with Crippen LogP contribution in [0.5, 0.6) is 0 Å². The van der Waals surface area contributed by atoms with Crippen LogP contribution in [0.15, 0.2) is 297 Å². The van der Waals surface area contributed by atoms with Gasteiger partial charge in [-0.25, -0.2) is 9.97 Å². The van der Waals surface area contributed by atoms with Crippen molar-refractivity contribution in [3.63, 3.8) is 0 Å². The van der Waals surface area contributed by atoms with E-state index in [1.807, 2.05) is 0 Å². The topological polar surface area (TPSA) is 35.6 Å². The molecule has 0 N–H and O–H groups in total. The maximum absolute atomic E-state index is 5.92. The summed E-state index contributed by atoms with van der Waals surface area (Å²) in [5.74, 6) is 0.645. The standard InChI is InChI=1S/C90H67BN4/c1-89(2,3)71-37-39-81-73(53-71)75-47-66(60-33-21-11-22-34-60)49-77-86(75)94(81)83-51-70(52-84-85(83)91(77)78-50-67(61-35-23-12-24-36-61)48-76-74-54-72(90(4,5)6)38-40-82(74)95(84)87(76)78)88-92-79(68-43-62(56-25-13-7-14-26-56)41-63(44-68)57-27-15-8-16-28-57)55-80(93-88)69-45-64(58-29-17-9-18-30-58)42-65(46-69)59-31-19-10-20-32-59/h7-55H,1-6H3. The van der Waals surface area contributed by atoms with Gasteiger partial charge in [-0.1, -0.05) is 248 Å². The Morgan fingerprint density at radius 3 is 0.884 bits per heavy atom. The minimum atomic E-state index is -0.152. The molecule has 0 saturated carbocycles.